The molecule has 126 valence electrons. The van der Waals surface area contributed by atoms with E-state index in [1.807, 2.05) is 12.1 Å². The highest BCUT2D eigenvalue weighted by Crippen LogP contribution is 2.34. The number of ether oxygens (including phenoxy) is 2. The third-order valence-electron chi connectivity index (χ3n) is 4.76. The third kappa shape index (κ3) is 4.64. The van der Waals surface area contributed by atoms with Crippen LogP contribution in [0.3, 0.4) is 0 Å². The molecule has 0 heterocycles. The van der Waals surface area contributed by atoms with Crippen LogP contribution in [-0.2, 0) is 17.8 Å². The number of rotatable bonds is 8. The van der Waals surface area contributed by atoms with Gasteiger partial charge in [-0.25, -0.2) is 0 Å². The monoisotopic (exact) mass is 322 g/mol. The normalized spacial score (nSPS) is 14.5. The van der Waals surface area contributed by atoms with E-state index in [0.717, 1.165) is 18.1 Å². The fraction of sp³-hybridized carbons (Fsp3) is 0.364. The van der Waals surface area contributed by atoms with E-state index in [9.17, 15) is 0 Å². The molecule has 0 amide bonds. The molecular formula is C22H26O2. The molecule has 0 spiro atoms. The first-order valence-corrected chi connectivity index (χ1v) is 8.88. The summed E-state index contributed by atoms with van der Waals surface area (Å²) >= 11 is 0. The molecule has 1 aliphatic rings. The number of hydrogen-bond acceptors (Lipinski definition) is 2. The van der Waals surface area contributed by atoms with Crippen LogP contribution >= 0.6 is 0 Å². The Morgan fingerprint density at radius 1 is 0.917 bits per heavy atom. The van der Waals surface area contributed by atoms with Crippen LogP contribution in [0.5, 0.6) is 5.75 Å². The Kier molecular flexibility index (Phi) is 5.95. The van der Waals surface area contributed by atoms with Crippen molar-refractivity contribution in [2.75, 3.05) is 6.61 Å². The molecule has 1 saturated carbocycles. The average molecular weight is 322 g/mol. The van der Waals surface area contributed by atoms with Gasteiger partial charge in [0.1, 0.15) is 12.4 Å². The van der Waals surface area contributed by atoms with Gasteiger partial charge in [0.2, 0.25) is 0 Å². The lowest BCUT2D eigenvalue weighted by atomic mass is 9.97. The van der Waals surface area contributed by atoms with Crippen molar-refractivity contribution in [1.82, 2.24) is 0 Å². The second-order valence-corrected chi connectivity index (χ2v) is 6.44. The Hall–Kier alpha value is -2.22. The van der Waals surface area contributed by atoms with Crippen molar-refractivity contribution in [2.24, 2.45) is 0 Å². The van der Waals surface area contributed by atoms with Crippen LogP contribution in [0.1, 0.15) is 48.3 Å². The lowest BCUT2D eigenvalue weighted by molar-refractivity contribution is 0.255. The molecule has 2 nitrogen and oxygen atoms in total. The predicted molar refractivity (Wildman–Crippen MR) is 98.3 cm³/mol. The van der Waals surface area contributed by atoms with Gasteiger partial charge in [0, 0.05) is 6.42 Å². The second kappa shape index (κ2) is 8.58. The molecule has 0 aromatic heterocycles. The molecule has 0 saturated heterocycles. The van der Waals surface area contributed by atoms with Crippen molar-refractivity contribution in [1.29, 1.82) is 0 Å². The molecular weight excluding hydrogens is 296 g/mol. The minimum Gasteiger partial charge on any atom is -0.501 e. The highest BCUT2D eigenvalue weighted by molar-refractivity contribution is 5.29. The summed E-state index contributed by atoms with van der Waals surface area (Å²) in [6.45, 7) is 4.82. The summed E-state index contributed by atoms with van der Waals surface area (Å²) in [6.07, 6.45) is 7.82. The summed E-state index contributed by atoms with van der Waals surface area (Å²) in [5, 5.41) is 0. The van der Waals surface area contributed by atoms with Crippen LogP contribution in [0.25, 0.3) is 0 Å². The zero-order valence-electron chi connectivity index (χ0n) is 14.2. The molecule has 1 fully saturated rings. The molecule has 0 unspecified atom stereocenters. The zero-order valence-corrected chi connectivity index (χ0v) is 14.2. The van der Waals surface area contributed by atoms with E-state index in [1.54, 1.807) is 0 Å². The van der Waals surface area contributed by atoms with Crippen molar-refractivity contribution in [3.05, 3.63) is 78.1 Å². The van der Waals surface area contributed by atoms with Gasteiger partial charge in [0.15, 0.2) is 0 Å². The van der Waals surface area contributed by atoms with E-state index < -0.39 is 0 Å². The topological polar surface area (TPSA) is 18.5 Å². The Balaban J connectivity index is 1.49. The fourth-order valence-electron chi connectivity index (χ4n) is 3.32. The molecule has 0 N–H and O–H groups in total. The molecule has 2 aromatic rings. The maximum atomic E-state index is 5.89. The first-order valence-electron chi connectivity index (χ1n) is 8.88. The lowest BCUT2D eigenvalue weighted by Crippen LogP contribution is -1.98. The van der Waals surface area contributed by atoms with Crippen molar-refractivity contribution in [3.63, 3.8) is 0 Å². The van der Waals surface area contributed by atoms with Gasteiger partial charge in [-0.1, -0.05) is 55.8 Å². The average Bonchev–Trinajstić information content (AvgIpc) is 3.16. The van der Waals surface area contributed by atoms with Gasteiger partial charge in [-0.3, -0.25) is 0 Å². The summed E-state index contributed by atoms with van der Waals surface area (Å²) in [4.78, 5) is 0. The fourth-order valence-corrected chi connectivity index (χ4v) is 3.32. The molecule has 3 rings (SSSR count). The molecule has 0 bridgehead atoms. The SMILES string of the molecule is C=COCCc1ccc(OCc2ccc(C3CCCC3)cc2)cc1. The van der Waals surface area contributed by atoms with Crippen molar-refractivity contribution in [3.8, 4) is 5.75 Å². The van der Waals surface area contributed by atoms with E-state index in [1.165, 1.54) is 48.6 Å². The standard InChI is InChI=1S/C22H26O2/c1-2-23-16-15-18-9-13-22(14-10-18)24-17-19-7-11-21(12-8-19)20-5-3-4-6-20/h2,7-14,20H,1,3-6,15-17H2. The second-order valence-electron chi connectivity index (χ2n) is 6.44. The van der Waals surface area contributed by atoms with Crippen LogP contribution in [0.4, 0.5) is 0 Å². The third-order valence-corrected chi connectivity index (χ3v) is 4.76. The Bertz CT molecular complexity index is 622. The van der Waals surface area contributed by atoms with Gasteiger partial charge in [-0.15, -0.1) is 0 Å². The number of benzene rings is 2. The highest BCUT2D eigenvalue weighted by atomic mass is 16.5. The van der Waals surface area contributed by atoms with Gasteiger partial charge in [0.05, 0.1) is 12.9 Å². The van der Waals surface area contributed by atoms with Crippen LogP contribution in [-0.4, -0.2) is 6.61 Å². The van der Waals surface area contributed by atoms with Crippen LogP contribution in [0.15, 0.2) is 61.4 Å². The van der Waals surface area contributed by atoms with E-state index >= 15 is 0 Å². The minimum absolute atomic E-state index is 0.615. The maximum Gasteiger partial charge on any atom is 0.119 e. The van der Waals surface area contributed by atoms with Gasteiger partial charge >= 0.3 is 0 Å². The van der Waals surface area contributed by atoms with Crippen LogP contribution in [0, 0.1) is 0 Å². The summed E-state index contributed by atoms with van der Waals surface area (Å²) < 4.78 is 11.0. The molecule has 0 atom stereocenters. The van der Waals surface area contributed by atoms with Crippen molar-refractivity contribution >= 4 is 0 Å². The largest absolute Gasteiger partial charge is 0.501 e. The first-order chi connectivity index (χ1) is 11.8. The van der Waals surface area contributed by atoms with Crippen molar-refractivity contribution in [2.45, 2.75) is 44.6 Å². The zero-order chi connectivity index (χ0) is 16.6. The Morgan fingerprint density at radius 2 is 1.58 bits per heavy atom. The van der Waals surface area contributed by atoms with Crippen LogP contribution in [0.2, 0.25) is 0 Å². The minimum atomic E-state index is 0.615. The van der Waals surface area contributed by atoms with Gasteiger partial charge in [-0.2, -0.15) is 0 Å². The molecule has 2 aromatic carbocycles. The first kappa shape index (κ1) is 16.6. The van der Waals surface area contributed by atoms with Gasteiger partial charge < -0.3 is 9.47 Å². The van der Waals surface area contributed by atoms with Crippen LogP contribution < -0.4 is 4.74 Å². The van der Waals surface area contributed by atoms with Crippen molar-refractivity contribution < 1.29 is 9.47 Å². The summed E-state index contributed by atoms with van der Waals surface area (Å²) in [7, 11) is 0. The molecule has 2 heteroatoms. The van der Waals surface area contributed by atoms with E-state index in [2.05, 4.69) is 43.0 Å². The van der Waals surface area contributed by atoms with E-state index in [0.29, 0.717) is 13.2 Å². The van der Waals surface area contributed by atoms with Gasteiger partial charge in [-0.05, 0) is 47.6 Å². The Morgan fingerprint density at radius 3 is 2.25 bits per heavy atom. The summed E-state index contributed by atoms with van der Waals surface area (Å²) in [6, 6.07) is 17.2. The highest BCUT2D eigenvalue weighted by Gasteiger charge is 2.16. The maximum absolute atomic E-state index is 5.89. The van der Waals surface area contributed by atoms with Gasteiger partial charge in [0.25, 0.3) is 0 Å². The summed E-state index contributed by atoms with van der Waals surface area (Å²) in [5.74, 6) is 1.68. The molecule has 0 radical (unpaired) electrons. The van der Waals surface area contributed by atoms with E-state index in [4.69, 9.17) is 9.47 Å². The summed E-state index contributed by atoms with van der Waals surface area (Å²) in [5.41, 5.74) is 3.95. The molecule has 0 aliphatic heterocycles. The molecule has 1 aliphatic carbocycles. The number of hydrogen-bond donors (Lipinski definition) is 0. The smallest absolute Gasteiger partial charge is 0.119 e. The quantitative estimate of drug-likeness (QED) is 0.463. The predicted octanol–water partition coefficient (Wildman–Crippen LogP) is 5.63. The Labute approximate surface area is 145 Å². The van der Waals surface area contributed by atoms with E-state index in [-0.39, 0.29) is 0 Å². The molecule has 24 heavy (non-hydrogen) atoms. The lowest BCUT2D eigenvalue weighted by Gasteiger charge is -2.11.